The van der Waals surface area contributed by atoms with E-state index in [0.717, 1.165) is 6.07 Å². The third kappa shape index (κ3) is 1.96. The van der Waals surface area contributed by atoms with Crippen LogP contribution in [0, 0.1) is 17.1 Å². The third-order valence-electron chi connectivity index (χ3n) is 1.55. The molecule has 0 saturated heterocycles. The summed E-state index contributed by atoms with van der Waals surface area (Å²) in [6, 6.07) is 2.18. The summed E-state index contributed by atoms with van der Waals surface area (Å²) in [4.78, 5) is 3.19. The molecule has 1 aromatic rings. The molecule has 0 aliphatic heterocycles. The van der Waals surface area contributed by atoms with Crippen LogP contribution in [0.5, 0.6) is 0 Å². The number of nitriles is 1. The molecule has 0 unspecified atom stereocenters. The quantitative estimate of drug-likeness (QED) is 0.719. The molecule has 0 amide bonds. The first kappa shape index (κ1) is 10.8. The Hall–Kier alpha value is -1.28. The molecule has 0 saturated carbocycles. The zero-order valence-corrected chi connectivity index (χ0v) is 7.52. The number of hydrogen-bond donors (Lipinski definition) is 0. The summed E-state index contributed by atoms with van der Waals surface area (Å²) in [5.74, 6) is -1.21. The first-order chi connectivity index (χ1) is 6.60. The Labute approximate surface area is 82.9 Å². The normalized spacial score (nSPS) is 10.3. The van der Waals surface area contributed by atoms with E-state index in [2.05, 4.69) is 4.98 Å². The molecule has 0 bridgehead atoms. The molecule has 1 heterocycles. The van der Waals surface area contributed by atoms with Crippen LogP contribution in [0.2, 0.25) is 0 Å². The number of pyridine rings is 1. The molecule has 14 heavy (non-hydrogen) atoms. The Morgan fingerprint density at radius 3 is 2.64 bits per heavy atom. The van der Waals surface area contributed by atoms with Gasteiger partial charge in [0.2, 0.25) is 0 Å². The van der Waals surface area contributed by atoms with Crippen molar-refractivity contribution in [2.75, 3.05) is 0 Å². The summed E-state index contributed by atoms with van der Waals surface area (Å²) in [6.45, 7) is 0. The van der Waals surface area contributed by atoms with Gasteiger partial charge in [0, 0.05) is 5.88 Å². The molecule has 74 valence electrons. The molecule has 2 nitrogen and oxygen atoms in total. The van der Waals surface area contributed by atoms with Crippen molar-refractivity contribution in [3.63, 3.8) is 0 Å². The zero-order valence-electron chi connectivity index (χ0n) is 6.77. The highest BCUT2D eigenvalue weighted by Crippen LogP contribution is 2.23. The molecular weight excluding hydrogens is 217 g/mol. The second-order valence-electron chi connectivity index (χ2n) is 2.41. The van der Waals surface area contributed by atoms with E-state index in [1.165, 1.54) is 6.07 Å². The summed E-state index contributed by atoms with van der Waals surface area (Å²) in [6.07, 6.45) is -2.86. The number of nitrogens with zero attached hydrogens (tertiary/aromatic N) is 2. The van der Waals surface area contributed by atoms with Gasteiger partial charge >= 0.3 is 0 Å². The predicted octanol–water partition coefficient (Wildman–Crippen LogP) is 2.77. The topological polar surface area (TPSA) is 36.7 Å². The van der Waals surface area contributed by atoms with Crippen LogP contribution in [0.25, 0.3) is 0 Å². The molecule has 0 radical (unpaired) electrons. The number of hydrogen-bond acceptors (Lipinski definition) is 2. The van der Waals surface area contributed by atoms with Gasteiger partial charge in [0.05, 0.1) is 0 Å². The average Bonchev–Trinajstić information content (AvgIpc) is 2.16. The lowest BCUT2D eigenvalue weighted by molar-refractivity contribution is 0.145. The summed E-state index contributed by atoms with van der Waals surface area (Å²) in [5, 5.41) is 8.36. The Balaban J connectivity index is 3.34. The molecule has 0 atom stereocenters. The first-order valence-corrected chi connectivity index (χ1v) is 4.07. The van der Waals surface area contributed by atoms with Crippen molar-refractivity contribution in [2.24, 2.45) is 0 Å². The minimum atomic E-state index is -2.86. The van der Waals surface area contributed by atoms with Gasteiger partial charge < -0.3 is 0 Å². The monoisotopic (exact) mass is 220 g/mol. The van der Waals surface area contributed by atoms with Crippen LogP contribution in [0.15, 0.2) is 6.07 Å². The van der Waals surface area contributed by atoms with Crippen molar-refractivity contribution < 1.29 is 13.2 Å². The maximum Gasteiger partial charge on any atom is 0.280 e. The largest absolute Gasteiger partial charge is 0.280 e. The molecule has 0 spiro atoms. The predicted molar refractivity (Wildman–Crippen MR) is 43.4 cm³/mol. The molecular formula is C8H4ClF3N2. The molecule has 0 aliphatic carbocycles. The maximum absolute atomic E-state index is 12.9. The van der Waals surface area contributed by atoms with Crippen LogP contribution in [0.3, 0.4) is 0 Å². The van der Waals surface area contributed by atoms with E-state index in [1.54, 1.807) is 0 Å². The van der Waals surface area contributed by atoms with E-state index in [1.807, 2.05) is 0 Å². The minimum Gasteiger partial charge on any atom is -0.233 e. The number of rotatable bonds is 2. The molecule has 6 heteroatoms. The van der Waals surface area contributed by atoms with Crippen LogP contribution >= 0.6 is 11.6 Å². The van der Waals surface area contributed by atoms with Crippen molar-refractivity contribution in [1.29, 1.82) is 5.26 Å². The van der Waals surface area contributed by atoms with E-state index >= 15 is 0 Å². The Kier molecular flexibility index (Phi) is 3.31. The average molecular weight is 221 g/mol. The van der Waals surface area contributed by atoms with Gasteiger partial charge in [-0.25, -0.2) is 18.2 Å². The summed E-state index contributed by atoms with van der Waals surface area (Å²) in [7, 11) is 0. The zero-order chi connectivity index (χ0) is 10.7. The van der Waals surface area contributed by atoms with E-state index in [-0.39, 0.29) is 11.4 Å². The van der Waals surface area contributed by atoms with Crippen molar-refractivity contribution in [3.05, 3.63) is 28.8 Å². The second kappa shape index (κ2) is 4.29. The highest BCUT2D eigenvalue weighted by molar-refractivity contribution is 6.17. The van der Waals surface area contributed by atoms with E-state index in [9.17, 15) is 13.2 Å². The fourth-order valence-electron chi connectivity index (χ4n) is 0.915. The maximum atomic E-state index is 12.9. The van der Waals surface area contributed by atoms with Crippen LogP contribution in [-0.4, -0.2) is 4.98 Å². The van der Waals surface area contributed by atoms with Gasteiger partial charge in [0.1, 0.15) is 11.8 Å². The van der Waals surface area contributed by atoms with Crippen molar-refractivity contribution in [2.45, 2.75) is 12.3 Å². The van der Waals surface area contributed by atoms with Crippen LogP contribution in [0.1, 0.15) is 23.4 Å². The van der Waals surface area contributed by atoms with Gasteiger partial charge in [-0.3, -0.25) is 0 Å². The second-order valence-corrected chi connectivity index (χ2v) is 2.68. The molecule has 1 aromatic heterocycles. The number of aromatic nitrogens is 1. The minimum absolute atomic E-state index is 0.0989. The standard InChI is InChI=1S/C8H4ClF3N2/c9-2-4-1-5(10)6(3-13)14-7(4)8(11)12/h1,8H,2H2. The molecule has 0 fully saturated rings. The highest BCUT2D eigenvalue weighted by atomic mass is 35.5. The van der Waals surface area contributed by atoms with E-state index < -0.39 is 23.6 Å². The van der Waals surface area contributed by atoms with Crippen molar-refractivity contribution in [1.82, 2.24) is 4.98 Å². The van der Waals surface area contributed by atoms with Gasteiger partial charge in [0.15, 0.2) is 11.5 Å². The fourth-order valence-corrected chi connectivity index (χ4v) is 1.13. The Morgan fingerprint density at radius 2 is 2.21 bits per heavy atom. The highest BCUT2D eigenvalue weighted by Gasteiger charge is 2.18. The van der Waals surface area contributed by atoms with Crippen LogP contribution in [-0.2, 0) is 5.88 Å². The van der Waals surface area contributed by atoms with Gasteiger partial charge in [-0.15, -0.1) is 11.6 Å². The first-order valence-electron chi connectivity index (χ1n) is 3.53. The summed E-state index contributed by atoms with van der Waals surface area (Å²) < 4.78 is 37.5. The van der Waals surface area contributed by atoms with Crippen LogP contribution in [0.4, 0.5) is 13.2 Å². The lowest BCUT2D eigenvalue weighted by Gasteiger charge is -2.05. The summed E-state index contributed by atoms with van der Waals surface area (Å²) in [5.41, 5.74) is -1.38. The van der Waals surface area contributed by atoms with Crippen molar-refractivity contribution in [3.8, 4) is 6.07 Å². The third-order valence-corrected chi connectivity index (χ3v) is 1.83. The van der Waals surface area contributed by atoms with Gasteiger partial charge in [-0.2, -0.15) is 5.26 Å². The lowest BCUT2D eigenvalue weighted by Crippen LogP contribution is -2.02. The van der Waals surface area contributed by atoms with E-state index in [4.69, 9.17) is 16.9 Å². The van der Waals surface area contributed by atoms with Crippen molar-refractivity contribution >= 4 is 11.6 Å². The number of alkyl halides is 3. The summed E-state index contributed by atoms with van der Waals surface area (Å²) >= 11 is 5.32. The molecule has 0 N–H and O–H groups in total. The van der Waals surface area contributed by atoms with Crippen LogP contribution < -0.4 is 0 Å². The van der Waals surface area contributed by atoms with Gasteiger partial charge in [-0.05, 0) is 11.6 Å². The van der Waals surface area contributed by atoms with Gasteiger partial charge in [0.25, 0.3) is 6.43 Å². The lowest BCUT2D eigenvalue weighted by atomic mass is 10.2. The molecule has 0 aliphatic rings. The fraction of sp³-hybridized carbons (Fsp3) is 0.250. The molecule has 0 aromatic carbocycles. The SMILES string of the molecule is N#Cc1nc(C(F)F)c(CCl)cc1F. The number of halogens is 4. The Morgan fingerprint density at radius 1 is 1.57 bits per heavy atom. The molecule has 1 rings (SSSR count). The van der Waals surface area contributed by atoms with E-state index in [0.29, 0.717) is 0 Å². The smallest absolute Gasteiger partial charge is 0.233 e. The Bertz CT molecular complexity index is 387. The van der Waals surface area contributed by atoms with Gasteiger partial charge in [-0.1, -0.05) is 0 Å².